The van der Waals surface area contributed by atoms with Crippen LogP contribution >= 0.6 is 11.6 Å². The number of rotatable bonds is 3. The Morgan fingerprint density at radius 1 is 1.13 bits per heavy atom. The van der Waals surface area contributed by atoms with Gasteiger partial charge in [-0.05, 0) is 35.7 Å². The molecule has 0 spiro atoms. The van der Waals surface area contributed by atoms with E-state index in [9.17, 15) is 9.59 Å². The molecule has 0 amide bonds. The zero-order chi connectivity index (χ0) is 21.4. The van der Waals surface area contributed by atoms with E-state index < -0.39 is 11.9 Å². The molecule has 0 bridgehead atoms. The summed E-state index contributed by atoms with van der Waals surface area (Å²) in [4.78, 5) is 25.6. The van der Waals surface area contributed by atoms with Crippen LogP contribution in [-0.2, 0) is 14.3 Å². The number of dihydropyridines is 1. The number of ether oxygens (including phenoxy) is 1. The van der Waals surface area contributed by atoms with Crippen LogP contribution < -0.4 is 5.32 Å². The van der Waals surface area contributed by atoms with Crippen LogP contribution in [0.5, 0.6) is 0 Å². The molecule has 1 heterocycles. The lowest BCUT2D eigenvalue weighted by atomic mass is 9.74. The number of ketones is 1. The second-order valence-corrected chi connectivity index (χ2v) is 8.08. The normalized spacial score (nSPS) is 18.8. The largest absolute Gasteiger partial charge is 0.466 e. The number of carbonyl (C=O) groups is 2. The summed E-state index contributed by atoms with van der Waals surface area (Å²) in [6.07, 6.45) is 0.898. The third-order valence-corrected chi connectivity index (χ3v) is 5.82. The van der Waals surface area contributed by atoms with Crippen molar-refractivity contribution < 1.29 is 14.3 Å². The molecule has 0 saturated heterocycles. The average Bonchev–Trinajstić information content (AvgIpc) is 2.72. The van der Waals surface area contributed by atoms with Crippen LogP contribution in [0.2, 0.25) is 5.02 Å². The first-order chi connectivity index (χ1) is 14.4. The Labute approximate surface area is 180 Å². The van der Waals surface area contributed by atoms with Gasteiger partial charge in [-0.25, -0.2) is 4.79 Å². The van der Waals surface area contributed by atoms with Crippen molar-refractivity contribution in [2.24, 2.45) is 0 Å². The second kappa shape index (κ2) is 7.96. The number of hydrogen-bond acceptors (Lipinski definition) is 4. The maximum atomic E-state index is 13.0. The first-order valence-electron chi connectivity index (χ1n) is 9.74. The maximum absolute atomic E-state index is 13.0. The highest BCUT2D eigenvalue weighted by Gasteiger charge is 2.39. The molecule has 30 heavy (non-hydrogen) atoms. The van der Waals surface area contributed by atoms with Gasteiger partial charge >= 0.3 is 5.97 Å². The minimum atomic E-state index is -0.470. The van der Waals surface area contributed by atoms with Crippen molar-refractivity contribution in [1.29, 1.82) is 0 Å². The van der Waals surface area contributed by atoms with Gasteiger partial charge in [-0.3, -0.25) is 4.79 Å². The van der Waals surface area contributed by atoms with Crippen molar-refractivity contribution in [2.75, 3.05) is 7.11 Å². The van der Waals surface area contributed by atoms with Gasteiger partial charge in [0.1, 0.15) is 0 Å². The van der Waals surface area contributed by atoms with Crippen LogP contribution in [0.3, 0.4) is 0 Å². The molecule has 1 N–H and O–H groups in total. The fraction of sp³-hybridized carbons (Fsp3) is 0.200. The number of benzene rings is 2. The molecule has 2 aromatic rings. The van der Waals surface area contributed by atoms with Crippen LogP contribution in [0.15, 0.2) is 83.2 Å². The number of allylic oxidation sites excluding steroid dienone is 3. The van der Waals surface area contributed by atoms with E-state index in [1.54, 1.807) is 0 Å². The Morgan fingerprint density at radius 3 is 2.53 bits per heavy atom. The third-order valence-electron chi connectivity index (χ3n) is 5.59. The van der Waals surface area contributed by atoms with E-state index in [0.717, 1.165) is 28.0 Å². The van der Waals surface area contributed by atoms with E-state index in [-0.39, 0.29) is 5.78 Å². The monoisotopic (exact) mass is 419 g/mol. The zero-order valence-corrected chi connectivity index (χ0v) is 17.7. The predicted octanol–water partition coefficient (Wildman–Crippen LogP) is 5.31. The Balaban J connectivity index is 1.81. The van der Waals surface area contributed by atoms with Gasteiger partial charge in [0.15, 0.2) is 5.78 Å². The van der Waals surface area contributed by atoms with E-state index >= 15 is 0 Å². The molecule has 2 aromatic carbocycles. The molecule has 4 rings (SSSR count). The van der Waals surface area contributed by atoms with Gasteiger partial charge in [-0.2, -0.15) is 0 Å². The van der Waals surface area contributed by atoms with Gasteiger partial charge in [0.05, 0.1) is 12.7 Å². The first kappa shape index (κ1) is 20.2. The molecule has 1 aliphatic heterocycles. The minimum Gasteiger partial charge on any atom is -0.466 e. The van der Waals surface area contributed by atoms with Crippen LogP contribution in [0, 0.1) is 0 Å². The average molecular weight is 420 g/mol. The Morgan fingerprint density at radius 2 is 1.87 bits per heavy atom. The summed E-state index contributed by atoms with van der Waals surface area (Å²) in [5.41, 5.74) is 6.37. The Bertz CT molecular complexity index is 1130. The molecule has 0 radical (unpaired) electrons. The zero-order valence-electron chi connectivity index (χ0n) is 16.9. The molecule has 152 valence electrons. The van der Waals surface area contributed by atoms with E-state index in [1.807, 2.05) is 55.5 Å². The van der Waals surface area contributed by atoms with Gasteiger partial charge in [0.2, 0.25) is 0 Å². The highest BCUT2D eigenvalue weighted by Crippen LogP contribution is 2.43. The lowest BCUT2D eigenvalue weighted by Crippen LogP contribution is -2.34. The van der Waals surface area contributed by atoms with Gasteiger partial charge in [0.25, 0.3) is 0 Å². The fourth-order valence-corrected chi connectivity index (χ4v) is 4.44. The summed E-state index contributed by atoms with van der Waals surface area (Å²) in [5, 5.41) is 3.92. The standard InChI is InChI=1S/C25H22ClNO3/c1-14-11-20-24(21(28)12-14)23(22(15(2)27-20)25(29)30-3)17-9-7-16(8-10-17)18-5-4-6-19(26)13-18/h4-10,13,23,27H,1,11-12H2,2-3H3. The SMILES string of the molecule is C=C1CC(=O)C2=C(C1)NC(C)=C(C(=O)OC)C2c1ccc(-c2cccc(Cl)c2)cc1. The first-order valence-corrected chi connectivity index (χ1v) is 10.1. The molecule has 0 saturated carbocycles. The summed E-state index contributed by atoms with van der Waals surface area (Å²) in [6.45, 7) is 5.83. The number of esters is 1. The lowest BCUT2D eigenvalue weighted by Gasteiger charge is -2.34. The van der Waals surface area contributed by atoms with E-state index in [1.165, 1.54) is 7.11 Å². The van der Waals surface area contributed by atoms with Gasteiger partial charge in [-0.1, -0.05) is 60.2 Å². The second-order valence-electron chi connectivity index (χ2n) is 7.64. The van der Waals surface area contributed by atoms with Crippen molar-refractivity contribution in [3.05, 3.63) is 93.8 Å². The van der Waals surface area contributed by atoms with Crippen molar-refractivity contribution in [2.45, 2.75) is 25.7 Å². The van der Waals surface area contributed by atoms with E-state index in [4.69, 9.17) is 16.3 Å². The molecular formula is C25H22ClNO3. The van der Waals surface area contributed by atoms with Gasteiger partial charge in [-0.15, -0.1) is 0 Å². The molecule has 5 heteroatoms. The highest BCUT2D eigenvalue weighted by atomic mass is 35.5. The Hall–Kier alpha value is -3.11. The van der Waals surface area contributed by atoms with E-state index in [2.05, 4.69) is 11.9 Å². The summed E-state index contributed by atoms with van der Waals surface area (Å²) < 4.78 is 5.05. The van der Waals surface area contributed by atoms with Crippen molar-refractivity contribution in [3.63, 3.8) is 0 Å². The van der Waals surface area contributed by atoms with Gasteiger partial charge < -0.3 is 10.1 Å². The lowest BCUT2D eigenvalue weighted by molar-refractivity contribution is -0.136. The summed E-state index contributed by atoms with van der Waals surface area (Å²) in [6, 6.07) is 15.5. The molecule has 4 nitrogen and oxygen atoms in total. The van der Waals surface area contributed by atoms with Crippen LogP contribution in [-0.4, -0.2) is 18.9 Å². The number of nitrogens with one attached hydrogen (secondary N) is 1. The molecule has 2 aliphatic rings. The molecule has 0 fully saturated rings. The van der Waals surface area contributed by atoms with Crippen molar-refractivity contribution >= 4 is 23.4 Å². The third kappa shape index (κ3) is 3.59. The molecule has 0 aromatic heterocycles. The summed E-state index contributed by atoms with van der Waals surface area (Å²) in [5.74, 6) is -0.915. The highest BCUT2D eigenvalue weighted by molar-refractivity contribution is 6.30. The molecule has 1 atom stereocenters. The quantitative estimate of drug-likeness (QED) is 0.540. The Kier molecular flexibility index (Phi) is 5.35. The maximum Gasteiger partial charge on any atom is 0.336 e. The number of methoxy groups -OCH3 is 1. The molecule has 1 aliphatic carbocycles. The minimum absolute atomic E-state index is 0.00780. The molecule has 1 unspecified atom stereocenters. The molecular weight excluding hydrogens is 398 g/mol. The number of Topliss-reactive ketones (excluding diaryl/α,β-unsaturated/α-hetero) is 1. The van der Waals surface area contributed by atoms with Crippen LogP contribution in [0.1, 0.15) is 31.2 Å². The summed E-state index contributed by atoms with van der Waals surface area (Å²) in [7, 11) is 1.36. The van der Waals surface area contributed by atoms with Crippen molar-refractivity contribution in [3.8, 4) is 11.1 Å². The number of hydrogen-bond donors (Lipinski definition) is 1. The van der Waals surface area contributed by atoms with E-state index in [0.29, 0.717) is 34.7 Å². The topological polar surface area (TPSA) is 55.4 Å². The number of carbonyl (C=O) groups excluding carboxylic acids is 2. The summed E-state index contributed by atoms with van der Waals surface area (Å²) >= 11 is 6.12. The predicted molar refractivity (Wildman–Crippen MR) is 118 cm³/mol. The van der Waals surface area contributed by atoms with Crippen molar-refractivity contribution in [1.82, 2.24) is 5.32 Å². The van der Waals surface area contributed by atoms with Gasteiger partial charge in [0, 0.05) is 40.7 Å². The van der Waals surface area contributed by atoms with Crippen LogP contribution in [0.4, 0.5) is 0 Å². The fourth-order valence-electron chi connectivity index (χ4n) is 4.25. The number of halogens is 1. The smallest absolute Gasteiger partial charge is 0.336 e. The van der Waals surface area contributed by atoms with Crippen LogP contribution in [0.25, 0.3) is 11.1 Å².